The lowest BCUT2D eigenvalue weighted by atomic mass is 10.0. The van der Waals surface area contributed by atoms with Gasteiger partial charge in [-0.25, -0.2) is 0 Å². The molecule has 0 spiro atoms. The Hall–Kier alpha value is -1.22. The molecule has 88 valence electrons. The van der Waals surface area contributed by atoms with E-state index >= 15 is 0 Å². The minimum atomic E-state index is 0.454. The van der Waals surface area contributed by atoms with Gasteiger partial charge in [-0.2, -0.15) is 0 Å². The summed E-state index contributed by atoms with van der Waals surface area (Å²) in [5.41, 5.74) is 1.86. The average molecular weight is 243 g/mol. The number of rotatable bonds is 5. The molecule has 0 aliphatic carbocycles. The number of carbonyl (C=O) groups is 1. The Morgan fingerprint density at radius 2 is 2.06 bits per heavy atom. The molecule has 0 saturated carbocycles. The van der Waals surface area contributed by atoms with Gasteiger partial charge in [0.15, 0.2) is 11.5 Å². The monoisotopic (exact) mass is 242 g/mol. The zero-order valence-corrected chi connectivity index (χ0v) is 10.4. The van der Waals surface area contributed by atoms with Crippen molar-refractivity contribution in [3.63, 3.8) is 0 Å². The Balaban J connectivity index is 3.23. The molecule has 0 unspecified atom stereocenters. The van der Waals surface area contributed by atoms with Gasteiger partial charge in [-0.1, -0.05) is 11.6 Å². The van der Waals surface area contributed by atoms with Gasteiger partial charge in [0.1, 0.15) is 6.29 Å². The van der Waals surface area contributed by atoms with Crippen LogP contribution in [0.5, 0.6) is 11.5 Å². The highest BCUT2D eigenvalue weighted by atomic mass is 35.5. The first kappa shape index (κ1) is 12.8. The molecular weight excluding hydrogens is 228 g/mol. The van der Waals surface area contributed by atoms with E-state index in [1.807, 2.05) is 6.92 Å². The van der Waals surface area contributed by atoms with Crippen molar-refractivity contribution >= 4 is 17.9 Å². The Labute approximate surface area is 100 Å². The highest BCUT2D eigenvalue weighted by Gasteiger charge is 2.14. The standard InChI is InChI=1S/C12H15ClO3/c1-8-9(5-4-6-14)10(13)7-11(15-2)12(8)16-3/h6-7H,4-5H2,1-3H3. The van der Waals surface area contributed by atoms with E-state index in [-0.39, 0.29) is 0 Å². The van der Waals surface area contributed by atoms with E-state index in [0.29, 0.717) is 29.4 Å². The van der Waals surface area contributed by atoms with Crippen molar-refractivity contribution in [2.24, 2.45) is 0 Å². The van der Waals surface area contributed by atoms with Gasteiger partial charge in [-0.05, 0) is 24.5 Å². The van der Waals surface area contributed by atoms with Gasteiger partial charge in [-0.15, -0.1) is 0 Å². The third kappa shape index (κ3) is 2.47. The van der Waals surface area contributed by atoms with E-state index in [1.165, 1.54) is 0 Å². The molecule has 0 heterocycles. The molecule has 0 aliphatic rings. The van der Waals surface area contributed by atoms with Crippen molar-refractivity contribution in [2.75, 3.05) is 14.2 Å². The van der Waals surface area contributed by atoms with Crippen LogP contribution in [0.3, 0.4) is 0 Å². The fraction of sp³-hybridized carbons (Fsp3) is 0.417. The molecule has 0 fully saturated rings. The highest BCUT2D eigenvalue weighted by Crippen LogP contribution is 2.37. The van der Waals surface area contributed by atoms with E-state index < -0.39 is 0 Å². The minimum absolute atomic E-state index is 0.454. The lowest BCUT2D eigenvalue weighted by molar-refractivity contribution is -0.107. The quantitative estimate of drug-likeness (QED) is 0.745. The van der Waals surface area contributed by atoms with Crippen LogP contribution in [0.1, 0.15) is 17.5 Å². The van der Waals surface area contributed by atoms with Crippen molar-refractivity contribution in [1.82, 2.24) is 0 Å². The second kappa shape index (κ2) is 5.75. The second-order valence-corrected chi connectivity index (χ2v) is 3.81. The van der Waals surface area contributed by atoms with Crippen molar-refractivity contribution in [3.05, 3.63) is 22.2 Å². The molecule has 1 aromatic carbocycles. The molecule has 0 radical (unpaired) electrons. The van der Waals surface area contributed by atoms with Crippen LogP contribution >= 0.6 is 11.6 Å². The molecule has 0 aliphatic heterocycles. The lowest BCUT2D eigenvalue weighted by Crippen LogP contribution is -1.99. The summed E-state index contributed by atoms with van der Waals surface area (Å²) in [6.45, 7) is 1.91. The Morgan fingerprint density at radius 3 is 2.56 bits per heavy atom. The van der Waals surface area contributed by atoms with Gasteiger partial charge in [0, 0.05) is 17.5 Å². The van der Waals surface area contributed by atoms with Crippen LogP contribution in [0.2, 0.25) is 5.02 Å². The van der Waals surface area contributed by atoms with Crippen LogP contribution in [-0.4, -0.2) is 20.5 Å². The predicted octanol–water partition coefficient (Wildman–Crippen LogP) is 2.80. The smallest absolute Gasteiger partial charge is 0.163 e. The summed E-state index contributed by atoms with van der Waals surface area (Å²) < 4.78 is 10.4. The zero-order chi connectivity index (χ0) is 12.1. The number of aldehydes is 1. The SMILES string of the molecule is COc1cc(Cl)c(CCC=O)c(C)c1OC. The first-order valence-corrected chi connectivity index (χ1v) is 5.37. The average Bonchev–Trinajstić information content (AvgIpc) is 2.28. The van der Waals surface area contributed by atoms with E-state index in [2.05, 4.69) is 0 Å². The minimum Gasteiger partial charge on any atom is -0.493 e. The largest absolute Gasteiger partial charge is 0.493 e. The number of methoxy groups -OCH3 is 2. The molecule has 0 N–H and O–H groups in total. The van der Waals surface area contributed by atoms with Crippen LogP contribution in [0.25, 0.3) is 0 Å². The topological polar surface area (TPSA) is 35.5 Å². The normalized spacial score (nSPS) is 10.0. The summed E-state index contributed by atoms with van der Waals surface area (Å²) in [4.78, 5) is 10.4. The van der Waals surface area contributed by atoms with E-state index in [1.54, 1.807) is 20.3 Å². The predicted molar refractivity (Wildman–Crippen MR) is 63.7 cm³/mol. The summed E-state index contributed by atoms with van der Waals surface area (Å²) in [7, 11) is 3.15. The number of carbonyl (C=O) groups excluding carboxylic acids is 1. The number of ether oxygens (including phenoxy) is 2. The first-order valence-electron chi connectivity index (χ1n) is 4.99. The van der Waals surface area contributed by atoms with Gasteiger partial charge < -0.3 is 14.3 Å². The third-order valence-corrected chi connectivity index (χ3v) is 2.84. The molecule has 0 aromatic heterocycles. The lowest BCUT2D eigenvalue weighted by Gasteiger charge is -2.15. The van der Waals surface area contributed by atoms with Gasteiger partial charge in [0.25, 0.3) is 0 Å². The van der Waals surface area contributed by atoms with Crippen molar-refractivity contribution < 1.29 is 14.3 Å². The van der Waals surface area contributed by atoms with E-state index in [0.717, 1.165) is 17.4 Å². The van der Waals surface area contributed by atoms with Crippen molar-refractivity contribution in [1.29, 1.82) is 0 Å². The Morgan fingerprint density at radius 1 is 1.38 bits per heavy atom. The maximum atomic E-state index is 10.4. The molecule has 0 saturated heterocycles. The molecule has 4 heteroatoms. The van der Waals surface area contributed by atoms with Crippen molar-refractivity contribution in [2.45, 2.75) is 19.8 Å². The molecule has 0 atom stereocenters. The molecule has 3 nitrogen and oxygen atoms in total. The Bertz CT molecular complexity index is 388. The fourth-order valence-electron chi connectivity index (χ4n) is 1.68. The number of benzene rings is 1. The van der Waals surface area contributed by atoms with E-state index in [4.69, 9.17) is 21.1 Å². The summed E-state index contributed by atoms with van der Waals surface area (Å²) in [6, 6.07) is 1.72. The number of hydrogen-bond donors (Lipinski definition) is 0. The van der Waals surface area contributed by atoms with Gasteiger partial charge in [-0.3, -0.25) is 0 Å². The first-order chi connectivity index (χ1) is 7.65. The molecular formula is C12H15ClO3. The number of hydrogen-bond acceptors (Lipinski definition) is 3. The van der Waals surface area contributed by atoms with E-state index in [9.17, 15) is 4.79 Å². The highest BCUT2D eigenvalue weighted by molar-refractivity contribution is 6.31. The molecule has 1 rings (SSSR count). The van der Waals surface area contributed by atoms with Crippen molar-refractivity contribution in [3.8, 4) is 11.5 Å². The fourth-order valence-corrected chi connectivity index (χ4v) is 2.02. The maximum absolute atomic E-state index is 10.4. The van der Waals surface area contributed by atoms with Crippen LogP contribution in [-0.2, 0) is 11.2 Å². The Kier molecular flexibility index (Phi) is 4.62. The molecule has 0 amide bonds. The molecule has 16 heavy (non-hydrogen) atoms. The summed E-state index contributed by atoms with van der Waals surface area (Å²) >= 11 is 6.13. The van der Waals surface area contributed by atoms with Gasteiger partial charge in [0.05, 0.1) is 14.2 Å². The van der Waals surface area contributed by atoms with Crippen LogP contribution < -0.4 is 9.47 Å². The summed E-state index contributed by atoms with van der Waals surface area (Å²) in [5.74, 6) is 1.28. The van der Waals surface area contributed by atoms with Crippen LogP contribution in [0.15, 0.2) is 6.07 Å². The van der Waals surface area contributed by atoms with Gasteiger partial charge >= 0.3 is 0 Å². The summed E-state index contributed by atoms with van der Waals surface area (Å²) in [5, 5.41) is 0.608. The number of halogens is 1. The molecule has 0 bridgehead atoms. The maximum Gasteiger partial charge on any atom is 0.163 e. The summed E-state index contributed by atoms with van der Waals surface area (Å²) in [6.07, 6.45) is 1.96. The third-order valence-electron chi connectivity index (χ3n) is 2.50. The van der Waals surface area contributed by atoms with Crippen LogP contribution in [0, 0.1) is 6.92 Å². The molecule has 1 aromatic rings. The second-order valence-electron chi connectivity index (χ2n) is 3.40. The zero-order valence-electron chi connectivity index (χ0n) is 9.67. The van der Waals surface area contributed by atoms with Crippen LogP contribution in [0.4, 0.5) is 0 Å². The van der Waals surface area contributed by atoms with Gasteiger partial charge in [0.2, 0.25) is 0 Å².